The number of carbonyl (C=O) groups excluding carboxylic acids is 2. The first-order valence-corrected chi connectivity index (χ1v) is 8.75. The van der Waals surface area contributed by atoms with E-state index in [1.807, 2.05) is 19.1 Å². The number of fused-ring (bicyclic) bond motifs is 5. The maximum atomic E-state index is 12.6. The van der Waals surface area contributed by atoms with Gasteiger partial charge in [-0.25, -0.2) is 4.98 Å². The summed E-state index contributed by atoms with van der Waals surface area (Å²) in [4.78, 5) is 30.8. The molecule has 1 saturated heterocycles. The standard InChI is InChI=1S/C19H20N4O2/c1-11-3-6-15(22-14(11)10-20)21-7-2-8-23-18(24)16-12-4-5-13(9-12)17(16)19(23)25/h3-6,12-13,16-17H,2,7-9H2,1H3,(H,21,22)/t12-,13-,16+,17+/m0/s1. The second-order valence-corrected chi connectivity index (χ2v) is 7.08. The lowest BCUT2D eigenvalue weighted by molar-refractivity contribution is -0.140. The number of amides is 2. The lowest BCUT2D eigenvalue weighted by Crippen LogP contribution is -2.34. The van der Waals surface area contributed by atoms with Crippen molar-refractivity contribution >= 4 is 17.6 Å². The van der Waals surface area contributed by atoms with Crippen LogP contribution < -0.4 is 5.32 Å². The van der Waals surface area contributed by atoms with E-state index in [9.17, 15) is 9.59 Å². The molecule has 6 nitrogen and oxygen atoms in total. The predicted octanol–water partition coefficient (Wildman–Crippen LogP) is 1.87. The van der Waals surface area contributed by atoms with Crippen molar-refractivity contribution in [2.24, 2.45) is 23.7 Å². The number of aryl methyl sites for hydroxylation is 1. The molecule has 2 heterocycles. The topological polar surface area (TPSA) is 86.1 Å². The van der Waals surface area contributed by atoms with E-state index in [1.165, 1.54) is 4.90 Å². The lowest BCUT2D eigenvalue weighted by Gasteiger charge is -2.17. The molecule has 4 rings (SSSR count). The van der Waals surface area contributed by atoms with Crippen LogP contribution >= 0.6 is 0 Å². The number of nitrogens with one attached hydrogen (secondary N) is 1. The van der Waals surface area contributed by atoms with Gasteiger partial charge in [-0.15, -0.1) is 0 Å². The van der Waals surface area contributed by atoms with Gasteiger partial charge < -0.3 is 5.32 Å². The first-order chi connectivity index (χ1) is 12.1. The molecule has 6 heteroatoms. The summed E-state index contributed by atoms with van der Waals surface area (Å²) in [6.45, 7) is 2.88. The number of hydrogen-bond donors (Lipinski definition) is 1. The lowest BCUT2D eigenvalue weighted by atomic mass is 9.85. The third-order valence-electron chi connectivity index (χ3n) is 5.63. The highest BCUT2D eigenvalue weighted by Crippen LogP contribution is 2.52. The number of nitrogens with zero attached hydrogens (tertiary/aromatic N) is 3. The van der Waals surface area contributed by atoms with Gasteiger partial charge in [-0.05, 0) is 43.2 Å². The van der Waals surface area contributed by atoms with Crippen LogP contribution in [0.3, 0.4) is 0 Å². The molecule has 1 aromatic rings. The molecule has 128 valence electrons. The highest BCUT2D eigenvalue weighted by molar-refractivity contribution is 6.06. The minimum Gasteiger partial charge on any atom is -0.370 e. The summed E-state index contributed by atoms with van der Waals surface area (Å²) < 4.78 is 0. The van der Waals surface area contributed by atoms with Gasteiger partial charge >= 0.3 is 0 Å². The maximum absolute atomic E-state index is 12.6. The van der Waals surface area contributed by atoms with E-state index < -0.39 is 0 Å². The zero-order valence-corrected chi connectivity index (χ0v) is 14.1. The molecule has 2 fully saturated rings. The quantitative estimate of drug-likeness (QED) is 0.504. The van der Waals surface area contributed by atoms with Crippen LogP contribution in [0.15, 0.2) is 24.3 Å². The summed E-state index contributed by atoms with van der Waals surface area (Å²) in [7, 11) is 0. The molecule has 0 aromatic carbocycles. The molecule has 2 bridgehead atoms. The Kier molecular flexibility index (Phi) is 3.79. The van der Waals surface area contributed by atoms with Crippen molar-refractivity contribution < 1.29 is 9.59 Å². The number of pyridine rings is 1. The number of likely N-dealkylation sites (tertiary alicyclic amines) is 1. The van der Waals surface area contributed by atoms with Crippen LogP contribution in [0.1, 0.15) is 24.1 Å². The third-order valence-corrected chi connectivity index (χ3v) is 5.63. The first kappa shape index (κ1) is 15.8. The van der Waals surface area contributed by atoms with Gasteiger partial charge in [0.1, 0.15) is 17.6 Å². The van der Waals surface area contributed by atoms with Crippen LogP contribution in [-0.2, 0) is 9.59 Å². The summed E-state index contributed by atoms with van der Waals surface area (Å²) >= 11 is 0. The molecule has 0 unspecified atom stereocenters. The summed E-state index contributed by atoms with van der Waals surface area (Å²) in [5, 5.41) is 12.2. The van der Waals surface area contributed by atoms with Gasteiger partial charge in [-0.1, -0.05) is 18.2 Å². The highest BCUT2D eigenvalue weighted by Gasteiger charge is 2.58. The van der Waals surface area contributed by atoms with E-state index in [2.05, 4.69) is 28.5 Å². The molecule has 1 aromatic heterocycles. The van der Waals surface area contributed by atoms with Crippen molar-refractivity contribution in [3.8, 4) is 6.07 Å². The summed E-state index contributed by atoms with van der Waals surface area (Å²) in [5.74, 6) is 0.936. The van der Waals surface area contributed by atoms with Crippen molar-refractivity contribution in [3.63, 3.8) is 0 Å². The first-order valence-electron chi connectivity index (χ1n) is 8.75. The number of nitriles is 1. The molecule has 3 aliphatic rings. The molecule has 2 amide bonds. The fourth-order valence-corrected chi connectivity index (χ4v) is 4.38. The Balaban J connectivity index is 1.32. The van der Waals surface area contributed by atoms with E-state index >= 15 is 0 Å². The highest BCUT2D eigenvalue weighted by atomic mass is 16.2. The second kappa shape index (κ2) is 5.99. The Morgan fingerprint density at radius 2 is 1.92 bits per heavy atom. The molecule has 2 aliphatic carbocycles. The molecular weight excluding hydrogens is 316 g/mol. The van der Waals surface area contributed by atoms with Crippen molar-refractivity contribution in [2.75, 3.05) is 18.4 Å². The van der Waals surface area contributed by atoms with Gasteiger partial charge in [-0.3, -0.25) is 14.5 Å². The number of carbonyl (C=O) groups is 2. The molecule has 25 heavy (non-hydrogen) atoms. The van der Waals surface area contributed by atoms with Crippen LogP contribution in [0, 0.1) is 41.9 Å². The number of anilines is 1. The molecule has 1 N–H and O–H groups in total. The zero-order valence-electron chi connectivity index (χ0n) is 14.1. The number of rotatable bonds is 5. The van der Waals surface area contributed by atoms with Crippen LogP contribution in [-0.4, -0.2) is 34.8 Å². The van der Waals surface area contributed by atoms with Crippen molar-refractivity contribution in [1.82, 2.24) is 9.88 Å². The smallest absolute Gasteiger partial charge is 0.233 e. The summed E-state index contributed by atoms with van der Waals surface area (Å²) in [6, 6.07) is 5.75. The van der Waals surface area contributed by atoms with Gasteiger partial charge in [0.15, 0.2) is 0 Å². The minimum absolute atomic E-state index is 0.00655. The van der Waals surface area contributed by atoms with E-state index in [0.717, 1.165) is 12.0 Å². The average Bonchev–Trinajstić information content (AvgIpc) is 3.28. The monoisotopic (exact) mass is 336 g/mol. The van der Waals surface area contributed by atoms with Gasteiger partial charge in [-0.2, -0.15) is 5.26 Å². The Hall–Kier alpha value is -2.68. The summed E-state index contributed by atoms with van der Waals surface area (Å²) in [6.07, 6.45) is 5.84. The van der Waals surface area contributed by atoms with E-state index in [4.69, 9.17) is 5.26 Å². The summed E-state index contributed by atoms with van der Waals surface area (Å²) in [5.41, 5.74) is 1.25. The number of allylic oxidation sites excluding steroid dienone is 2. The Labute approximate surface area is 146 Å². The molecule has 0 radical (unpaired) electrons. The minimum atomic E-state index is -0.118. The van der Waals surface area contributed by atoms with E-state index in [1.54, 1.807) is 0 Å². The van der Waals surface area contributed by atoms with Crippen molar-refractivity contribution in [2.45, 2.75) is 19.8 Å². The predicted molar refractivity (Wildman–Crippen MR) is 91.2 cm³/mol. The Bertz CT molecular complexity index is 780. The molecule has 1 aliphatic heterocycles. The molecule has 4 atom stereocenters. The Morgan fingerprint density at radius 1 is 1.24 bits per heavy atom. The molecule has 1 saturated carbocycles. The average molecular weight is 336 g/mol. The van der Waals surface area contributed by atoms with E-state index in [-0.39, 0.29) is 35.5 Å². The van der Waals surface area contributed by atoms with Crippen molar-refractivity contribution in [3.05, 3.63) is 35.5 Å². The second-order valence-electron chi connectivity index (χ2n) is 7.08. The third kappa shape index (κ3) is 2.51. The van der Waals surface area contributed by atoms with Gasteiger partial charge in [0.2, 0.25) is 11.8 Å². The van der Waals surface area contributed by atoms with E-state index in [0.29, 0.717) is 31.0 Å². The fraction of sp³-hybridized carbons (Fsp3) is 0.474. The number of hydrogen-bond acceptors (Lipinski definition) is 5. The Morgan fingerprint density at radius 3 is 2.56 bits per heavy atom. The van der Waals surface area contributed by atoms with Crippen LogP contribution in [0.5, 0.6) is 0 Å². The van der Waals surface area contributed by atoms with Gasteiger partial charge in [0.05, 0.1) is 11.8 Å². The normalized spacial score (nSPS) is 29.2. The molecular formula is C19H20N4O2. The number of aromatic nitrogens is 1. The fourth-order valence-electron chi connectivity index (χ4n) is 4.38. The largest absolute Gasteiger partial charge is 0.370 e. The number of imide groups is 1. The van der Waals surface area contributed by atoms with Crippen molar-refractivity contribution in [1.29, 1.82) is 5.26 Å². The molecule has 0 spiro atoms. The van der Waals surface area contributed by atoms with Crippen LogP contribution in [0.4, 0.5) is 5.82 Å². The SMILES string of the molecule is Cc1ccc(NCCCN2C(=O)[C@H]3[C@H](C2=O)[C@H]2C=C[C@H]3C2)nc1C#N. The van der Waals surface area contributed by atoms with Gasteiger partial charge in [0, 0.05) is 13.1 Å². The van der Waals surface area contributed by atoms with Crippen LogP contribution in [0.25, 0.3) is 0 Å². The maximum Gasteiger partial charge on any atom is 0.233 e. The zero-order chi connectivity index (χ0) is 17.6. The van der Waals surface area contributed by atoms with Crippen LogP contribution in [0.2, 0.25) is 0 Å². The van der Waals surface area contributed by atoms with Gasteiger partial charge in [0.25, 0.3) is 0 Å².